The summed E-state index contributed by atoms with van der Waals surface area (Å²) < 4.78 is 14.4. The number of fused-ring (bicyclic) bond motifs is 1. The van der Waals surface area contributed by atoms with Gasteiger partial charge in [-0.25, -0.2) is 4.79 Å². The van der Waals surface area contributed by atoms with Crippen molar-refractivity contribution in [2.24, 2.45) is 0 Å². The molecule has 1 aromatic carbocycles. The Bertz CT molecular complexity index is 373. The number of hydrogen-bond acceptors (Lipinski definition) is 4. The fraction of sp³-hybridized carbons (Fsp3) is 0.222. The Balaban J connectivity index is 2.14. The van der Waals surface area contributed by atoms with Crippen molar-refractivity contribution in [3.63, 3.8) is 0 Å². The predicted octanol–water partition coefficient (Wildman–Crippen LogP) is 1.74. The highest BCUT2D eigenvalue weighted by Gasteiger charge is 2.27. The van der Waals surface area contributed by atoms with Crippen molar-refractivity contribution in [1.82, 2.24) is 0 Å². The zero-order valence-electron chi connectivity index (χ0n) is 7.39. The normalized spacial score (nSPS) is 17.9. The van der Waals surface area contributed by atoms with Crippen LogP contribution in [-0.2, 0) is 4.74 Å². The van der Waals surface area contributed by atoms with Gasteiger partial charge in [0.2, 0.25) is 0 Å². The molecular weight excluding hydrogens is 188 g/mol. The maximum atomic E-state index is 10.2. The van der Waals surface area contributed by atoms with Crippen LogP contribution in [0.3, 0.4) is 0 Å². The highest BCUT2D eigenvalue weighted by atomic mass is 16.9. The lowest BCUT2D eigenvalue weighted by molar-refractivity contribution is -0.147. The molecule has 1 aromatic rings. The van der Waals surface area contributed by atoms with Crippen LogP contribution in [0.5, 0.6) is 11.5 Å². The lowest BCUT2D eigenvalue weighted by atomic mass is 10.2. The molecule has 1 aliphatic rings. The van der Waals surface area contributed by atoms with Gasteiger partial charge in [-0.3, -0.25) is 0 Å². The van der Waals surface area contributed by atoms with E-state index in [4.69, 9.17) is 14.6 Å². The first-order valence-corrected chi connectivity index (χ1v) is 3.99. The molecule has 0 spiro atoms. The van der Waals surface area contributed by atoms with Gasteiger partial charge in [0.15, 0.2) is 11.5 Å². The van der Waals surface area contributed by atoms with Crippen molar-refractivity contribution in [1.29, 1.82) is 0 Å². The molecule has 1 aliphatic heterocycles. The molecule has 0 bridgehead atoms. The van der Waals surface area contributed by atoms with Crippen molar-refractivity contribution in [2.45, 2.75) is 13.4 Å². The number of ether oxygens (including phenoxy) is 3. The fourth-order valence-electron chi connectivity index (χ4n) is 1.17. The highest BCUT2D eigenvalue weighted by molar-refractivity contribution is 5.57. The third kappa shape index (κ3) is 1.56. The SMILES string of the molecule is Cc1ccc2c(c1)OC(OC(=O)O)O2. The minimum absolute atomic E-state index is 0.488. The Hall–Kier alpha value is -1.91. The van der Waals surface area contributed by atoms with Crippen molar-refractivity contribution in [2.75, 3.05) is 0 Å². The molecule has 14 heavy (non-hydrogen) atoms. The molecule has 0 saturated carbocycles. The largest absolute Gasteiger partial charge is 0.511 e. The first-order chi connectivity index (χ1) is 6.65. The molecular formula is C9H8O5. The number of carboxylic acid groups (broad SMARTS) is 1. The zero-order valence-corrected chi connectivity index (χ0v) is 7.39. The molecule has 0 radical (unpaired) electrons. The Morgan fingerprint density at radius 2 is 2.14 bits per heavy atom. The summed E-state index contributed by atoms with van der Waals surface area (Å²) >= 11 is 0. The topological polar surface area (TPSA) is 65.0 Å². The molecule has 5 heteroatoms. The van der Waals surface area contributed by atoms with Crippen LogP contribution in [-0.4, -0.2) is 17.7 Å². The third-order valence-electron chi connectivity index (χ3n) is 1.74. The minimum atomic E-state index is -1.43. The third-order valence-corrected chi connectivity index (χ3v) is 1.74. The average Bonchev–Trinajstić information content (AvgIpc) is 2.44. The van der Waals surface area contributed by atoms with Gasteiger partial charge in [-0.1, -0.05) is 6.07 Å². The van der Waals surface area contributed by atoms with E-state index in [1.54, 1.807) is 12.1 Å². The summed E-state index contributed by atoms with van der Waals surface area (Å²) in [5.41, 5.74) is 1.00. The van der Waals surface area contributed by atoms with Crippen molar-refractivity contribution in [3.8, 4) is 11.5 Å². The Morgan fingerprint density at radius 1 is 1.43 bits per heavy atom. The molecule has 5 nitrogen and oxygen atoms in total. The van der Waals surface area contributed by atoms with E-state index in [9.17, 15) is 4.79 Å². The van der Waals surface area contributed by atoms with Crippen LogP contribution in [0.4, 0.5) is 4.79 Å². The smallest absolute Gasteiger partial charge is 0.450 e. The number of carbonyl (C=O) groups is 1. The number of rotatable bonds is 1. The predicted molar refractivity (Wildman–Crippen MR) is 45.3 cm³/mol. The van der Waals surface area contributed by atoms with E-state index in [-0.39, 0.29) is 0 Å². The van der Waals surface area contributed by atoms with Crippen molar-refractivity contribution in [3.05, 3.63) is 23.8 Å². The van der Waals surface area contributed by atoms with Crippen LogP contribution in [0, 0.1) is 6.92 Å². The van der Waals surface area contributed by atoms with Gasteiger partial charge >= 0.3 is 12.6 Å². The summed E-state index contributed by atoms with van der Waals surface area (Å²) in [6, 6.07) is 5.29. The quantitative estimate of drug-likeness (QED) is 0.693. The molecule has 0 aliphatic carbocycles. The van der Waals surface area contributed by atoms with Gasteiger partial charge in [0.25, 0.3) is 0 Å². The van der Waals surface area contributed by atoms with Gasteiger partial charge < -0.3 is 19.3 Å². The van der Waals surface area contributed by atoms with E-state index < -0.39 is 12.6 Å². The second kappa shape index (κ2) is 3.10. The maximum absolute atomic E-state index is 10.2. The standard InChI is InChI=1S/C9H8O5/c1-5-2-3-6-7(4-5)13-9(12-6)14-8(10)11/h2-4,9H,1H3,(H,10,11). The summed E-state index contributed by atoms with van der Waals surface area (Å²) in [4.78, 5) is 10.2. The Labute approximate surface area is 79.8 Å². The summed E-state index contributed by atoms with van der Waals surface area (Å²) in [5.74, 6) is 0.984. The summed E-state index contributed by atoms with van der Waals surface area (Å²) in [5, 5.41) is 8.33. The van der Waals surface area contributed by atoms with Gasteiger partial charge in [0.05, 0.1) is 0 Å². The average molecular weight is 196 g/mol. The van der Waals surface area contributed by atoms with Crippen LogP contribution >= 0.6 is 0 Å². The first kappa shape index (κ1) is 8.68. The van der Waals surface area contributed by atoms with E-state index in [1.807, 2.05) is 13.0 Å². The van der Waals surface area contributed by atoms with Gasteiger partial charge in [-0.15, -0.1) is 0 Å². The number of hydrogen-bond donors (Lipinski definition) is 1. The molecule has 0 aromatic heterocycles. The summed E-state index contributed by atoms with van der Waals surface area (Å²) in [7, 11) is 0. The van der Waals surface area contributed by atoms with E-state index in [2.05, 4.69) is 4.74 Å². The van der Waals surface area contributed by atoms with Gasteiger partial charge in [-0.2, -0.15) is 0 Å². The molecule has 1 unspecified atom stereocenters. The van der Waals surface area contributed by atoms with Crippen molar-refractivity contribution < 1.29 is 24.1 Å². The lowest BCUT2D eigenvalue weighted by Crippen LogP contribution is -2.24. The van der Waals surface area contributed by atoms with E-state index in [0.717, 1.165) is 5.56 Å². The summed E-state index contributed by atoms with van der Waals surface area (Å²) in [6.07, 6.45) is -1.43. The zero-order chi connectivity index (χ0) is 10.1. The first-order valence-electron chi connectivity index (χ1n) is 3.99. The fourth-order valence-corrected chi connectivity index (χ4v) is 1.17. The van der Waals surface area contributed by atoms with Gasteiger partial charge in [-0.05, 0) is 24.6 Å². The molecule has 0 amide bonds. The minimum Gasteiger partial charge on any atom is -0.450 e. The Morgan fingerprint density at radius 3 is 2.86 bits per heavy atom. The lowest BCUT2D eigenvalue weighted by Gasteiger charge is -2.06. The highest BCUT2D eigenvalue weighted by Crippen LogP contribution is 2.35. The second-order valence-corrected chi connectivity index (χ2v) is 2.86. The maximum Gasteiger partial charge on any atom is 0.511 e. The summed E-state index contributed by atoms with van der Waals surface area (Å²) in [6.45, 7) is 0.707. The van der Waals surface area contributed by atoms with Crippen LogP contribution in [0.15, 0.2) is 18.2 Å². The van der Waals surface area contributed by atoms with E-state index >= 15 is 0 Å². The van der Waals surface area contributed by atoms with Gasteiger partial charge in [0, 0.05) is 0 Å². The molecule has 0 fully saturated rings. The van der Waals surface area contributed by atoms with Crippen LogP contribution in [0.1, 0.15) is 5.56 Å². The molecule has 74 valence electrons. The monoisotopic (exact) mass is 196 g/mol. The van der Waals surface area contributed by atoms with E-state index in [1.165, 1.54) is 0 Å². The van der Waals surface area contributed by atoms with Crippen LogP contribution in [0.2, 0.25) is 0 Å². The molecule has 1 heterocycles. The van der Waals surface area contributed by atoms with Crippen LogP contribution in [0.25, 0.3) is 0 Å². The Kier molecular flexibility index (Phi) is 1.92. The number of aryl methyl sites for hydroxylation is 1. The molecule has 1 atom stereocenters. The molecule has 1 N–H and O–H groups in total. The number of benzene rings is 1. The van der Waals surface area contributed by atoms with Crippen molar-refractivity contribution >= 4 is 6.16 Å². The molecule has 2 rings (SSSR count). The van der Waals surface area contributed by atoms with E-state index in [0.29, 0.717) is 11.5 Å². The van der Waals surface area contributed by atoms with Gasteiger partial charge in [0.1, 0.15) is 0 Å². The molecule has 0 saturated heterocycles. The van der Waals surface area contributed by atoms with Crippen LogP contribution < -0.4 is 9.47 Å². The second-order valence-electron chi connectivity index (χ2n) is 2.86.